The lowest BCUT2D eigenvalue weighted by Crippen LogP contribution is -2.26. The second kappa shape index (κ2) is 5.95. The quantitative estimate of drug-likeness (QED) is 0.623. The SMILES string of the molecule is Cc1cccc(OC(CCl)OC(C)O)c1. The average Bonchev–Trinajstić information content (AvgIpc) is 2.16. The van der Waals surface area contributed by atoms with Gasteiger partial charge in [-0.1, -0.05) is 12.1 Å². The van der Waals surface area contributed by atoms with E-state index in [9.17, 15) is 0 Å². The third-order valence-electron chi connectivity index (χ3n) is 1.73. The highest BCUT2D eigenvalue weighted by Crippen LogP contribution is 2.15. The number of ether oxygens (including phenoxy) is 2. The molecular weight excluding hydrogens is 216 g/mol. The number of aliphatic hydroxyl groups is 1. The molecule has 1 rings (SSSR count). The van der Waals surface area contributed by atoms with Gasteiger partial charge >= 0.3 is 0 Å². The Kier molecular flexibility index (Phi) is 4.88. The van der Waals surface area contributed by atoms with Crippen LogP contribution >= 0.6 is 11.6 Å². The molecule has 1 aromatic carbocycles. The summed E-state index contributed by atoms with van der Waals surface area (Å²) in [5, 5.41) is 9.03. The van der Waals surface area contributed by atoms with E-state index in [1.54, 1.807) is 0 Å². The normalized spacial score (nSPS) is 14.7. The fourth-order valence-electron chi connectivity index (χ4n) is 1.16. The third kappa shape index (κ3) is 4.51. The van der Waals surface area contributed by atoms with Gasteiger partial charge in [-0.25, -0.2) is 0 Å². The van der Waals surface area contributed by atoms with Gasteiger partial charge in [-0.3, -0.25) is 0 Å². The summed E-state index contributed by atoms with van der Waals surface area (Å²) in [6.45, 7) is 3.48. The van der Waals surface area contributed by atoms with Gasteiger partial charge in [0.25, 0.3) is 0 Å². The van der Waals surface area contributed by atoms with Gasteiger partial charge in [-0.15, -0.1) is 11.6 Å². The maximum Gasteiger partial charge on any atom is 0.216 e. The predicted octanol–water partition coefficient (Wildman–Crippen LogP) is 2.29. The van der Waals surface area contributed by atoms with Crippen molar-refractivity contribution >= 4 is 11.6 Å². The second-order valence-electron chi connectivity index (χ2n) is 3.25. The highest BCUT2D eigenvalue weighted by molar-refractivity contribution is 6.18. The Bertz CT molecular complexity index is 302. The standard InChI is InChI=1S/C11H15ClO3/c1-8-4-3-5-10(6-8)15-11(7-12)14-9(2)13/h3-6,9,11,13H,7H2,1-2H3. The molecule has 3 nitrogen and oxygen atoms in total. The summed E-state index contributed by atoms with van der Waals surface area (Å²) in [4.78, 5) is 0. The van der Waals surface area contributed by atoms with Crippen LogP contribution in [-0.2, 0) is 4.74 Å². The lowest BCUT2D eigenvalue weighted by Gasteiger charge is -2.18. The third-order valence-corrected chi connectivity index (χ3v) is 1.98. The fraction of sp³-hybridized carbons (Fsp3) is 0.455. The first kappa shape index (κ1) is 12.3. The number of aliphatic hydroxyl groups excluding tert-OH is 1. The molecule has 0 aliphatic heterocycles. The Morgan fingerprint density at radius 3 is 2.73 bits per heavy atom. The molecule has 2 atom stereocenters. The Balaban J connectivity index is 2.58. The van der Waals surface area contributed by atoms with Crippen molar-refractivity contribution in [3.8, 4) is 5.75 Å². The number of aryl methyl sites for hydroxylation is 1. The number of hydrogen-bond donors (Lipinski definition) is 1. The minimum absolute atomic E-state index is 0.166. The largest absolute Gasteiger partial charge is 0.464 e. The molecule has 0 saturated carbocycles. The van der Waals surface area contributed by atoms with E-state index in [4.69, 9.17) is 26.2 Å². The number of hydrogen-bond acceptors (Lipinski definition) is 3. The van der Waals surface area contributed by atoms with Crippen molar-refractivity contribution in [2.24, 2.45) is 0 Å². The van der Waals surface area contributed by atoms with Gasteiger partial charge in [0, 0.05) is 0 Å². The molecule has 4 heteroatoms. The van der Waals surface area contributed by atoms with Crippen molar-refractivity contribution < 1.29 is 14.6 Å². The average molecular weight is 231 g/mol. The van der Waals surface area contributed by atoms with Gasteiger partial charge in [0.2, 0.25) is 6.29 Å². The van der Waals surface area contributed by atoms with Crippen LogP contribution in [0.4, 0.5) is 0 Å². The second-order valence-corrected chi connectivity index (χ2v) is 3.56. The topological polar surface area (TPSA) is 38.7 Å². The summed E-state index contributed by atoms with van der Waals surface area (Å²) < 4.78 is 10.5. The monoisotopic (exact) mass is 230 g/mol. The van der Waals surface area contributed by atoms with Crippen LogP contribution in [0, 0.1) is 6.92 Å². The van der Waals surface area contributed by atoms with E-state index >= 15 is 0 Å². The van der Waals surface area contributed by atoms with Crippen molar-refractivity contribution in [2.45, 2.75) is 26.4 Å². The summed E-state index contributed by atoms with van der Waals surface area (Å²) in [5.74, 6) is 0.847. The number of alkyl halides is 1. The van der Waals surface area contributed by atoms with Crippen LogP contribution in [0.25, 0.3) is 0 Å². The fourth-order valence-corrected chi connectivity index (χ4v) is 1.29. The van der Waals surface area contributed by atoms with E-state index < -0.39 is 12.6 Å². The Morgan fingerprint density at radius 1 is 1.47 bits per heavy atom. The summed E-state index contributed by atoms with van der Waals surface area (Å²) in [6, 6.07) is 7.55. The van der Waals surface area contributed by atoms with Gasteiger partial charge in [-0.05, 0) is 31.5 Å². The molecule has 0 heterocycles. The van der Waals surface area contributed by atoms with E-state index in [0.717, 1.165) is 5.56 Å². The Hall–Kier alpha value is -0.770. The molecule has 0 spiro atoms. The minimum Gasteiger partial charge on any atom is -0.464 e. The van der Waals surface area contributed by atoms with E-state index in [2.05, 4.69) is 0 Å². The highest BCUT2D eigenvalue weighted by Gasteiger charge is 2.12. The first-order valence-corrected chi connectivity index (χ1v) is 5.28. The number of halogens is 1. The maximum atomic E-state index is 9.03. The molecule has 15 heavy (non-hydrogen) atoms. The predicted molar refractivity (Wildman–Crippen MR) is 59.1 cm³/mol. The summed E-state index contributed by atoms with van der Waals surface area (Å²) in [5.41, 5.74) is 1.10. The smallest absolute Gasteiger partial charge is 0.216 e. The molecule has 0 aromatic heterocycles. The lowest BCUT2D eigenvalue weighted by molar-refractivity contribution is -0.178. The number of rotatable bonds is 5. The lowest BCUT2D eigenvalue weighted by atomic mass is 10.2. The van der Waals surface area contributed by atoms with Gasteiger partial charge in [0.1, 0.15) is 5.75 Å². The molecule has 1 aromatic rings. The summed E-state index contributed by atoms with van der Waals surface area (Å²) in [6.07, 6.45) is -1.52. The zero-order chi connectivity index (χ0) is 11.3. The van der Waals surface area contributed by atoms with Crippen molar-refractivity contribution in [1.82, 2.24) is 0 Å². The van der Waals surface area contributed by atoms with Crippen molar-refractivity contribution in [1.29, 1.82) is 0 Å². The van der Waals surface area contributed by atoms with Gasteiger partial charge in [0.15, 0.2) is 6.29 Å². The van der Waals surface area contributed by atoms with E-state index in [-0.39, 0.29) is 5.88 Å². The van der Waals surface area contributed by atoms with Crippen molar-refractivity contribution in [3.63, 3.8) is 0 Å². The maximum absolute atomic E-state index is 9.03. The summed E-state index contributed by atoms with van der Waals surface area (Å²) in [7, 11) is 0. The minimum atomic E-state index is -0.890. The molecule has 0 bridgehead atoms. The number of benzene rings is 1. The molecule has 0 radical (unpaired) electrons. The van der Waals surface area contributed by atoms with Crippen molar-refractivity contribution in [3.05, 3.63) is 29.8 Å². The Morgan fingerprint density at radius 2 is 2.20 bits per heavy atom. The molecular formula is C11H15ClO3. The van der Waals surface area contributed by atoms with Gasteiger partial charge in [0.05, 0.1) is 5.88 Å². The van der Waals surface area contributed by atoms with E-state index in [0.29, 0.717) is 5.75 Å². The molecule has 0 amide bonds. The van der Waals surface area contributed by atoms with Crippen LogP contribution in [0.3, 0.4) is 0 Å². The van der Waals surface area contributed by atoms with Crippen LogP contribution in [0.1, 0.15) is 12.5 Å². The molecule has 2 unspecified atom stereocenters. The molecule has 0 saturated heterocycles. The first-order valence-electron chi connectivity index (χ1n) is 4.74. The van der Waals surface area contributed by atoms with Crippen LogP contribution < -0.4 is 4.74 Å². The highest BCUT2D eigenvalue weighted by atomic mass is 35.5. The molecule has 0 aliphatic carbocycles. The molecule has 0 aliphatic rings. The zero-order valence-electron chi connectivity index (χ0n) is 8.81. The van der Waals surface area contributed by atoms with Crippen LogP contribution in [0.2, 0.25) is 0 Å². The van der Waals surface area contributed by atoms with Crippen LogP contribution in [0.15, 0.2) is 24.3 Å². The molecule has 84 valence electrons. The van der Waals surface area contributed by atoms with Crippen LogP contribution in [-0.4, -0.2) is 23.6 Å². The molecule has 0 fully saturated rings. The first-order chi connectivity index (χ1) is 7.11. The van der Waals surface area contributed by atoms with Gasteiger partial charge < -0.3 is 14.6 Å². The van der Waals surface area contributed by atoms with Crippen molar-refractivity contribution in [2.75, 3.05) is 5.88 Å². The van der Waals surface area contributed by atoms with E-state index in [1.807, 2.05) is 31.2 Å². The van der Waals surface area contributed by atoms with E-state index in [1.165, 1.54) is 6.92 Å². The van der Waals surface area contributed by atoms with Crippen LogP contribution in [0.5, 0.6) is 5.75 Å². The Labute approximate surface area is 94.6 Å². The zero-order valence-corrected chi connectivity index (χ0v) is 9.57. The molecule has 1 N–H and O–H groups in total. The summed E-state index contributed by atoms with van der Waals surface area (Å²) >= 11 is 5.64. The van der Waals surface area contributed by atoms with Gasteiger partial charge in [-0.2, -0.15) is 0 Å².